The van der Waals surface area contributed by atoms with E-state index in [1.54, 1.807) is 0 Å². The van der Waals surface area contributed by atoms with E-state index in [4.69, 9.17) is 0 Å². The molecule has 0 radical (unpaired) electrons. The van der Waals surface area contributed by atoms with Crippen LogP contribution in [0.1, 0.15) is 34.0 Å². The molecule has 0 saturated carbocycles. The van der Waals surface area contributed by atoms with E-state index >= 15 is 0 Å². The molecule has 0 saturated heterocycles. The third-order valence-corrected chi connectivity index (χ3v) is 9.48. The molecule has 5 heteroatoms. The number of carbonyl (C=O) groups excluding carboxylic acids is 1. The molecule has 1 aromatic heterocycles. The second-order valence-corrected chi connectivity index (χ2v) is 12.8. The molecule has 240 valence electrons. The molecule has 6 rings (SSSR count). The number of carbonyl (C=O) groups is 1. The van der Waals surface area contributed by atoms with Crippen LogP contribution in [-0.2, 0) is 26.3 Å². The van der Waals surface area contributed by atoms with Crippen LogP contribution in [0.2, 0.25) is 0 Å². The molecule has 0 unspecified atom stereocenters. The highest BCUT2D eigenvalue weighted by atomic mass is 16.1. The average molecular weight is 623 g/mol. The molecule has 0 fully saturated rings. The van der Waals surface area contributed by atoms with E-state index in [0.717, 1.165) is 43.5 Å². The number of hydrogen-bond donors (Lipinski definition) is 2. The minimum atomic E-state index is -0.0875. The van der Waals surface area contributed by atoms with Crippen molar-refractivity contribution in [3.8, 4) is 11.1 Å². The Labute approximate surface area is 279 Å². The lowest BCUT2D eigenvalue weighted by atomic mass is 9.99. The summed E-state index contributed by atoms with van der Waals surface area (Å²) in [5.74, 6) is -0.0452. The van der Waals surface area contributed by atoms with Crippen molar-refractivity contribution in [2.75, 3.05) is 27.2 Å². The van der Waals surface area contributed by atoms with Crippen LogP contribution in [0.4, 0.5) is 0 Å². The predicted octanol–water partition coefficient (Wildman–Crippen LogP) is 7.66. The van der Waals surface area contributed by atoms with Crippen LogP contribution in [0.3, 0.4) is 0 Å². The number of likely N-dealkylation sites (N-methyl/N-ethyl adjacent to an activating group) is 2. The SMILES string of the molecule is CCc1ccc(-c2ccc(C(=O)N[C@@H](Cc3cn(C)c4ccccc34)CN(C)[C@H](CNC)Cc3ccc4ccccc4c3)cc2)cc1. The topological polar surface area (TPSA) is 49.3 Å². The number of nitrogens with one attached hydrogen (secondary N) is 2. The van der Waals surface area contributed by atoms with Crippen molar-refractivity contribution in [2.45, 2.75) is 38.3 Å². The van der Waals surface area contributed by atoms with E-state index in [2.05, 4.69) is 138 Å². The Morgan fingerprint density at radius 1 is 0.787 bits per heavy atom. The van der Waals surface area contributed by atoms with Crippen molar-refractivity contribution in [3.05, 3.63) is 144 Å². The first-order valence-electron chi connectivity index (χ1n) is 16.8. The Bertz CT molecular complexity index is 1940. The molecule has 1 heterocycles. The number of rotatable bonds is 13. The molecule has 0 aliphatic rings. The molecular weight excluding hydrogens is 576 g/mol. The van der Waals surface area contributed by atoms with Crippen LogP contribution in [-0.4, -0.2) is 54.6 Å². The van der Waals surface area contributed by atoms with Crippen LogP contribution >= 0.6 is 0 Å². The summed E-state index contributed by atoms with van der Waals surface area (Å²) in [7, 11) is 6.29. The van der Waals surface area contributed by atoms with E-state index in [1.807, 2.05) is 31.3 Å². The third kappa shape index (κ3) is 7.65. The predicted molar refractivity (Wildman–Crippen MR) is 197 cm³/mol. The molecule has 5 aromatic carbocycles. The normalized spacial score (nSPS) is 12.9. The molecule has 0 spiro atoms. The van der Waals surface area contributed by atoms with Crippen LogP contribution in [0.5, 0.6) is 0 Å². The van der Waals surface area contributed by atoms with Gasteiger partial charge in [0.25, 0.3) is 5.91 Å². The Morgan fingerprint density at radius 2 is 1.45 bits per heavy atom. The highest BCUT2D eigenvalue weighted by molar-refractivity contribution is 5.95. The van der Waals surface area contributed by atoms with Crippen LogP contribution in [0.15, 0.2) is 121 Å². The molecule has 1 amide bonds. The number of aromatic nitrogens is 1. The van der Waals surface area contributed by atoms with E-state index in [-0.39, 0.29) is 18.0 Å². The standard InChI is InChI=1S/C42H46N4O/c1-5-30-14-17-33(18-15-30)34-20-22-35(23-21-34)42(47)44-38(26-37-28-46(4)41-13-9-8-12-40(37)41)29-45(3)39(27-43-2)25-31-16-19-32-10-6-7-11-36(32)24-31/h6-24,28,38-39,43H,5,25-27,29H2,1-4H3,(H,44,47)/t38-,39-/m0/s1. The van der Waals surface area contributed by atoms with Gasteiger partial charge in [-0.2, -0.15) is 0 Å². The van der Waals surface area contributed by atoms with Crippen molar-refractivity contribution in [2.24, 2.45) is 7.05 Å². The van der Waals surface area contributed by atoms with E-state index in [1.165, 1.54) is 38.4 Å². The third-order valence-electron chi connectivity index (χ3n) is 9.48. The summed E-state index contributed by atoms with van der Waals surface area (Å²) >= 11 is 0. The van der Waals surface area contributed by atoms with Crippen molar-refractivity contribution < 1.29 is 4.79 Å². The molecule has 0 aliphatic carbocycles. The molecule has 5 nitrogen and oxygen atoms in total. The van der Waals surface area contributed by atoms with Crippen LogP contribution in [0, 0.1) is 0 Å². The van der Waals surface area contributed by atoms with Gasteiger partial charge in [-0.05, 0) is 90.1 Å². The number of amides is 1. The first-order chi connectivity index (χ1) is 22.9. The van der Waals surface area contributed by atoms with Gasteiger partial charge in [0.05, 0.1) is 0 Å². The number of benzene rings is 5. The summed E-state index contributed by atoms with van der Waals surface area (Å²) in [5, 5.41) is 10.6. The van der Waals surface area contributed by atoms with Gasteiger partial charge in [0.2, 0.25) is 0 Å². The number of para-hydroxylation sites is 1. The fraction of sp³-hybridized carbons (Fsp3) is 0.262. The highest BCUT2D eigenvalue weighted by Gasteiger charge is 2.23. The molecule has 6 aromatic rings. The highest BCUT2D eigenvalue weighted by Crippen LogP contribution is 2.24. The van der Waals surface area contributed by atoms with Crippen molar-refractivity contribution in [1.82, 2.24) is 20.1 Å². The molecule has 0 bridgehead atoms. The molecule has 2 N–H and O–H groups in total. The monoisotopic (exact) mass is 622 g/mol. The lowest BCUT2D eigenvalue weighted by Crippen LogP contribution is -2.49. The lowest BCUT2D eigenvalue weighted by Gasteiger charge is -2.32. The van der Waals surface area contributed by atoms with Gasteiger partial charge in [0.15, 0.2) is 0 Å². The Hall–Kier alpha value is -4.71. The summed E-state index contributed by atoms with van der Waals surface area (Å²) in [6.45, 7) is 3.73. The summed E-state index contributed by atoms with van der Waals surface area (Å²) in [4.78, 5) is 16.2. The zero-order valence-corrected chi connectivity index (χ0v) is 28.0. The van der Waals surface area contributed by atoms with E-state index in [9.17, 15) is 4.79 Å². The Morgan fingerprint density at radius 3 is 2.17 bits per heavy atom. The number of hydrogen-bond acceptors (Lipinski definition) is 3. The van der Waals surface area contributed by atoms with Gasteiger partial charge in [0.1, 0.15) is 0 Å². The summed E-state index contributed by atoms with van der Waals surface area (Å²) in [6, 6.07) is 40.6. The summed E-state index contributed by atoms with van der Waals surface area (Å²) in [6.07, 6.45) is 4.88. The fourth-order valence-electron chi connectivity index (χ4n) is 6.78. The van der Waals surface area contributed by atoms with E-state index < -0.39 is 0 Å². The largest absolute Gasteiger partial charge is 0.350 e. The van der Waals surface area contributed by atoms with Gasteiger partial charge in [-0.3, -0.25) is 9.69 Å². The maximum absolute atomic E-state index is 13.8. The van der Waals surface area contributed by atoms with E-state index in [0.29, 0.717) is 5.56 Å². The maximum Gasteiger partial charge on any atom is 0.251 e. The van der Waals surface area contributed by atoms with Crippen molar-refractivity contribution in [1.29, 1.82) is 0 Å². The van der Waals surface area contributed by atoms with Crippen molar-refractivity contribution in [3.63, 3.8) is 0 Å². The van der Waals surface area contributed by atoms with Crippen LogP contribution in [0.25, 0.3) is 32.8 Å². The van der Waals surface area contributed by atoms with Gasteiger partial charge in [-0.15, -0.1) is 0 Å². The first kappa shape index (κ1) is 32.2. The number of aryl methyl sites for hydroxylation is 2. The smallest absolute Gasteiger partial charge is 0.251 e. The van der Waals surface area contributed by atoms with Gasteiger partial charge in [0, 0.05) is 54.9 Å². The number of fused-ring (bicyclic) bond motifs is 2. The zero-order chi connectivity index (χ0) is 32.8. The molecule has 2 atom stereocenters. The second kappa shape index (κ2) is 14.8. The minimum Gasteiger partial charge on any atom is -0.350 e. The van der Waals surface area contributed by atoms with Gasteiger partial charge < -0.3 is 15.2 Å². The van der Waals surface area contributed by atoms with Gasteiger partial charge in [-0.1, -0.05) is 104 Å². The molecule has 0 aliphatic heterocycles. The zero-order valence-electron chi connectivity index (χ0n) is 28.0. The van der Waals surface area contributed by atoms with Crippen molar-refractivity contribution >= 4 is 27.6 Å². The molecular formula is C42H46N4O. The second-order valence-electron chi connectivity index (χ2n) is 12.8. The lowest BCUT2D eigenvalue weighted by molar-refractivity contribution is 0.0921. The minimum absolute atomic E-state index is 0.0452. The quantitative estimate of drug-likeness (QED) is 0.139. The Kier molecular flexibility index (Phi) is 10.2. The first-order valence-corrected chi connectivity index (χ1v) is 16.8. The van der Waals surface area contributed by atoms with Gasteiger partial charge >= 0.3 is 0 Å². The average Bonchev–Trinajstić information content (AvgIpc) is 3.42. The van der Waals surface area contributed by atoms with Gasteiger partial charge in [-0.25, -0.2) is 0 Å². The van der Waals surface area contributed by atoms with Crippen LogP contribution < -0.4 is 10.6 Å². The maximum atomic E-state index is 13.8. The molecule has 47 heavy (non-hydrogen) atoms. The number of nitrogens with zero attached hydrogens (tertiary/aromatic N) is 2. The summed E-state index contributed by atoms with van der Waals surface area (Å²) < 4.78 is 2.18. The summed E-state index contributed by atoms with van der Waals surface area (Å²) in [5.41, 5.74) is 8.02. The Balaban J connectivity index is 1.22. The fourth-order valence-corrected chi connectivity index (χ4v) is 6.78.